The van der Waals surface area contributed by atoms with Gasteiger partial charge in [0.25, 0.3) is 0 Å². The van der Waals surface area contributed by atoms with Crippen molar-refractivity contribution in [2.24, 2.45) is 0 Å². The van der Waals surface area contributed by atoms with Crippen molar-refractivity contribution in [1.29, 1.82) is 5.26 Å². The molecular weight excluding hydrogens is 274 g/mol. The van der Waals surface area contributed by atoms with Crippen LogP contribution in [0, 0.1) is 18.3 Å². The highest BCUT2D eigenvalue weighted by Gasteiger charge is 2.18. The van der Waals surface area contributed by atoms with Crippen molar-refractivity contribution in [2.45, 2.75) is 33.2 Å². The molecule has 0 amide bonds. The summed E-state index contributed by atoms with van der Waals surface area (Å²) in [6.07, 6.45) is 3.00. The van der Waals surface area contributed by atoms with E-state index in [0.717, 1.165) is 49.6 Å². The molecular formula is C17H25N5. The zero-order chi connectivity index (χ0) is 15.9. The third-order valence-corrected chi connectivity index (χ3v) is 4.05. The summed E-state index contributed by atoms with van der Waals surface area (Å²) in [4.78, 5) is 6.92. The third-order valence-electron chi connectivity index (χ3n) is 4.05. The molecule has 2 aromatic heterocycles. The number of pyridine rings is 1. The number of hydrogen-bond acceptors (Lipinski definition) is 4. The molecule has 5 heteroatoms. The van der Waals surface area contributed by atoms with Crippen LogP contribution in [0.2, 0.25) is 0 Å². The largest absolute Gasteiger partial charge is 0.304 e. The third kappa shape index (κ3) is 3.65. The van der Waals surface area contributed by atoms with Crippen molar-refractivity contribution >= 4 is 5.65 Å². The molecule has 0 spiro atoms. The number of hydrogen-bond donors (Lipinski definition) is 1. The summed E-state index contributed by atoms with van der Waals surface area (Å²) in [7, 11) is 0. The standard InChI is InChI=1S/C17H25N5/c1-4-21(5-2)11-8-10-19-15(13-18)17-14(3)20-16-9-6-7-12-22(16)17/h6-7,9,12,15,19H,4-5,8,10-11H2,1-3H3. The van der Waals surface area contributed by atoms with Crippen LogP contribution in [0.4, 0.5) is 0 Å². The Kier molecular flexibility index (Phi) is 5.93. The van der Waals surface area contributed by atoms with Crippen molar-refractivity contribution in [3.05, 3.63) is 35.8 Å². The van der Waals surface area contributed by atoms with Crippen LogP contribution in [0.15, 0.2) is 24.4 Å². The highest BCUT2D eigenvalue weighted by molar-refractivity contribution is 5.44. The summed E-state index contributed by atoms with van der Waals surface area (Å²) >= 11 is 0. The van der Waals surface area contributed by atoms with Gasteiger partial charge < -0.3 is 9.30 Å². The summed E-state index contributed by atoms with van der Waals surface area (Å²) in [5, 5.41) is 12.9. The highest BCUT2D eigenvalue weighted by atomic mass is 15.1. The lowest BCUT2D eigenvalue weighted by atomic mass is 10.2. The maximum Gasteiger partial charge on any atom is 0.138 e. The minimum absolute atomic E-state index is 0.325. The molecule has 0 aliphatic heterocycles. The van der Waals surface area contributed by atoms with E-state index >= 15 is 0 Å². The van der Waals surface area contributed by atoms with E-state index in [0.29, 0.717) is 0 Å². The van der Waals surface area contributed by atoms with Gasteiger partial charge in [-0.3, -0.25) is 5.32 Å². The number of nitriles is 1. The summed E-state index contributed by atoms with van der Waals surface area (Å²) in [5.41, 5.74) is 2.75. The Morgan fingerprint density at radius 2 is 2.14 bits per heavy atom. The maximum absolute atomic E-state index is 9.52. The van der Waals surface area contributed by atoms with Gasteiger partial charge in [0.2, 0.25) is 0 Å². The van der Waals surface area contributed by atoms with E-state index < -0.39 is 0 Å². The lowest BCUT2D eigenvalue weighted by Gasteiger charge is -2.18. The van der Waals surface area contributed by atoms with Crippen molar-refractivity contribution in [3.63, 3.8) is 0 Å². The number of aromatic nitrogens is 2. The molecule has 0 radical (unpaired) electrons. The van der Waals surface area contributed by atoms with Gasteiger partial charge in [0.15, 0.2) is 0 Å². The molecule has 0 saturated carbocycles. The average molecular weight is 299 g/mol. The van der Waals surface area contributed by atoms with E-state index in [2.05, 4.69) is 35.1 Å². The van der Waals surface area contributed by atoms with Crippen LogP contribution < -0.4 is 5.32 Å². The van der Waals surface area contributed by atoms with Crippen LogP contribution in [-0.2, 0) is 0 Å². The van der Waals surface area contributed by atoms with Crippen LogP contribution in [0.3, 0.4) is 0 Å². The van der Waals surface area contributed by atoms with E-state index in [1.807, 2.05) is 35.7 Å². The molecule has 2 rings (SSSR count). The Bertz CT molecular complexity index is 636. The first-order valence-electron chi connectivity index (χ1n) is 8.00. The highest BCUT2D eigenvalue weighted by Crippen LogP contribution is 2.19. The molecule has 5 nitrogen and oxygen atoms in total. The molecule has 1 unspecified atom stereocenters. The van der Waals surface area contributed by atoms with Gasteiger partial charge >= 0.3 is 0 Å². The molecule has 0 fully saturated rings. The Balaban J connectivity index is 2.02. The Hall–Kier alpha value is -1.90. The van der Waals surface area contributed by atoms with Crippen molar-refractivity contribution in [2.75, 3.05) is 26.2 Å². The van der Waals surface area contributed by atoms with Crippen LogP contribution in [0.1, 0.15) is 37.7 Å². The van der Waals surface area contributed by atoms with E-state index in [1.54, 1.807) is 0 Å². The molecule has 2 heterocycles. The Morgan fingerprint density at radius 1 is 1.36 bits per heavy atom. The van der Waals surface area contributed by atoms with Gasteiger partial charge in [0, 0.05) is 6.20 Å². The maximum atomic E-state index is 9.52. The number of aryl methyl sites for hydroxylation is 1. The van der Waals surface area contributed by atoms with Gasteiger partial charge in [-0.15, -0.1) is 0 Å². The van der Waals surface area contributed by atoms with Crippen LogP contribution in [0.5, 0.6) is 0 Å². The van der Waals surface area contributed by atoms with E-state index in [-0.39, 0.29) is 6.04 Å². The monoisotopic (exact) mass is 299 g/mol. The fraction of sp³-hybridized carbons (Fsp3) is 0.529. The molecule has 0 aliphatic carbocycles. The van der Waals surface area contributed by atoms with Crippen LogP contribution in [-0.4, -0.2) is 40.5 Å². The number of imidazole rings is 1. The van der Waals surface area contributed by atoms with E-state index in [1.165, 1.54) is 0 Å². The van der Waals surface area contributed by atoms with Crippen LogP contribution in [0.25, 0.3) is 5.65 Å². The first kappa shape index (κ1) is 16.5. The summed E-state index contributed by atoms with van der Waals surface area (Å²) in [6, 6.07) is 7.93. The Morgan fingerprint density at radius 3 is 2.82 bits per heavy atom. The zero-order valence-corrected chi connectivity index (χ0v) is 13.7. The van der Waals surface area contributed by atoms with Gasteiger partial charge in [-0.2, -0.15) is 5.26 Å². The second-order valence-corrected chi connectivity index (χ2v) is 5.41. The minimum Gasteiger partial charge on any atom is -0.304 e. The molecule has 0 aliphatic rings. The fourth-order valence-corrected chi connectivity index (χ4v) is 2.77. The molecule has 1 N–H and O–H groups in total. The van der Waals surface area contributed by atoms with Gasteiger partial charge in [0.1, 0.15) is 11.7 Å². The predicted octanol–water partition coefficient (Wildman–Crippen LogP) is 2.53. The predicted molar refractivity (Wildman–Crippen MR) is 88.7 cm³/mol. The van der Waals surface area contributed by atoms with Gasteiger partial charge in [-0.25, -0.2) is 4.98 Å². The van der Waals surface area contributed by atoms with Gasteiger partial charge in [0.05, 0.1) is 17.5 Å². The second-order valence-electron chi connectivity index (χ2n) is 5.41. The second kappa shape index (κ2) is 7.92. The lowest BCUT2D eigenvalue weighted by molar-refractivity contribution is 0.297. The molecule has 0 saturated heterocycles. The van der Waals surface area contributed by atoms with Crippen molar-refractivity contribution in [1.82, 2.24) is 19.6 Å². The number of fused-ring (bicyclic) bond motifs is 1. The average Bonchev–Trinajstić information content (AvgIpc) is 2.87. The molecule has 1 atom stereocenters. The fourth-order valence-electron chi connectivity index (χ4n) is 2.77. The normalized spacial score (nSPS) is 12.7. The van der Waals surface area contributed by atoms with Gasteiger partial charge in [-0.05, 0) is 51.7 Å². The number of nitrogens with one attached hydrogen (secondary N) is 1. The zero-order valence-electron chi connectivity index (χ0n) is 13.7. The smallest absolute Gasteiger partial charge is 0.138 e. The molecule has 0 aromatic carbocycles. The lowest BCUT2D eigenvalue weighted by Crippen LogP contribution is -2.29. The molecule has 118 valence electrons. The topological polar surface area (TPSA) is 56.4 Å². The van der Waals surface area contributed by atoms with Crippen molar-refractivity contribution in [3.8, 4) is 6.07 Å². The van der Waals surface area contributed by atoms with Crippen molar-refractivity contribution < 1.29 is 0 Å². The summed E-state index contributed by atoms with van der Waals surface area (Å²) in [6.45, 7) is 10.4. The molecule has 2 aromatic rings. The molecule has 0 bridgehead atoms. The first-order chi connectivity index (χ1) is 10.7. The Labute approximate surface area is 132 Å². The van der Waals surface area contributed by atoms with Crippen LogP contribution >= 0.6 is 0 Å². The molecule has 22 heavy (non-hydrogen) atoms. The van der Waals surface area contributed by atoms with E-state index in [9.17, 15) is 5.26 Å². The summed E-state index contributed by atoms with van der Waals surface area (Å²) < 4.78 is 2.00. The quantitative estimate of drug-likeness (QED) is 0.761. The van der Waals surface area contributed by atoms with E-state index in [4.69, 9.17) is 0 Å². The summed E-state index contributed by atoms with van der Waals surface area (Å²) in [5.74, 6) is 0. The first-order valence-corrected chi connectivity index (χ1v) is 8.00. The van der Waals surface area contributed by atoms with Gasteiger partial charge in [-0.1, -0.05) is 19.9 Å². The SMILES string of the molecule is CCN(CC)CCCNC(C#N)c1c(C)nc2ccccn12. The number of nitrogens with zero attached hydrogens (tertiary/aromatic N) is 4. The number of rotatable bonds is 8. The minimum atomic E-state index is -0.325.